The number of amides is 1. The molecular formula is C23H17ClF3N3O. The molecule has 0 radical (unpaired) electrons. The summed E-state index contributed by atoms with van der Waals surface area (Å²) in [6.07, 6.45) is -0.711. The number of benzene rings is 2. The number of pyridine rings is 1. The first kappa shape index (κ1) is 20.9. The van der Waals surface area contributed by atoms with Gasteiger partial charge in [0, 0.05) is 35.5 Å². The third kappa shape index (κ3) is 4.88. The number of carbonyl (C=O) groups excluding carboxylic acids is 1. The van der Waals surface area contributed by atoms with E-state index in [9.17, 15) is 18.0 Å². The second-order valence-corrected chi connectivity index (χ2v) is 7.48. The Bertz CT molecular complexity index is 1220. The van der Waals surface area contributed by atoms with Crippen LogP contribution >= 0.6 is 11.6 Å². The summed E-state index contributed by atoms with van der Waals surface area (Å²) in [7, 11) is 0. The van der Waals surface area contributed by atoms with Crippen LogP contribution in [-0.2, 0) is 23.9 Å². The van der Waals surface area contributed by atoms with Gasteiger partial charge in [-0.3, -0.25) is 4.79 Å². The lowest BCUT2D eigenvalue weighted by Crippen LogP contribution is -2.14. The molecule has 0 aliphatic heterocycles. The molecule has 0 aliphatic carbocycles. The predicted molar refractivity (Wildman–Crippen MR) is 114 cm³/mol. The van der Waals surface area contributed by atoms with Crippen LogP contribution in [0.3, 0.4) is 0 Å². The van der Waals surface area contributed by atoms with E-state index in [2.05, 4.69) is 10.3 Å². The van der Waals surface area contributed by atoms with Crippen LogP contribution in [0.5, 0.6) is 0 Å². The summed E-state index contributed by atoms with van der Waals surface area (Å²) >= 11 is 5.85. The minimum atomic E-state index is -4.41. The van der Waals surface area contributed by atoms with E-state index in [1.807, 2.05) is 41.1 Å². The summed E-state index contributed by atoms with van der Waals surface area (Å²) in [6, 6.07) is 15.7. The van der Waals surface area contributed by atoms with Gasteiger partial charge in [-0.2, -0.15) is 13.2 Å². The highest BCUT2D eigenvalue weighted by atomic mass is 35.5. The molecule has 0 saturated carbocycles. The van der Waals surface area contributed by atoms with Gasteiger partial charge in [0.15, 0.2) is 0 Å². The molecule has 2 heterocycles. The topological polar surface area (TPSA) is 46.9 Å². The van der Waals surface area contributed by atoms with E-state index in [4.69, 9.17) is 11.6 Å². The molecule has 2 aromatic carbocycles. The quantitative estimate of drug-likeness (QED) is 0.388. The third-order valence-electron chi connectivity index (χ3n) is 4.86. The van der Waals surface area contributed by atoms with E-state index in [-0.39, 0.29) is 12.3 Å². The van der Waals surface area contributed by atoms with Gasteiger partial charge in [-0.15, -0.1) is 0 Å². The van der Waals surface area contributed by atoms with E-state index in [0.717, 1.165) is 34.2 Å². The Labute approximate surface area is 181 Å². The first-order valence-corrected chi connectivity index (χ1v) is 9.82. The van der Waals surface area contributed by atoms with Gasteiger partial charge in [0.05, 0.1) is 12.0 Å². The van der Waals surface area contributed by atoms with Crippen LogP contribution in [0.25, 0.3) is 10.9 Å². The van der Waals surface area contributed by atoms with Crippen molar-refractivity contribution in [2.45, 2.75) is 19.1 Å². The van der Waals surface area contributed by atoms with E-state index in [1.54, 1.807) is 12.3 Å². The average molecular weight is 444 g/mol. The van der Waals surface area contributed by atoms with E-state index in [1.165, 1.54) is 12.1 Å². The minimum absolute atomic E-state index is 0.0907. The highest BCUT2D eigenvalue weighted by Crippen LogP contribution is 2.30. The summed E-state index contributed by atoms with van der Waals surface area (Å²) in [6.45, 7) is 0.561. The third-order valence-corrected chi connectivity index (χ3v) is 5.08. The molecule has 158 valence electrons. The van der Waals surface area contributed by atoms with Crippen molar-refractivity contribution in [1.82, 2.24) is 9.55 Å². The molecule has 4 nitrogen and oxygen atoms in total. The first-order valence-electron chi connectivity index (χ1n) is 9.44. The Balaban J connectivity index is 1.53. The summed E-state index contributed by atoms with van der Waals surface area (Å²) in [5.74, 6) is -0.309. The minimum Gasteiger partial charge on any atom is -0.343 e. The van der Waals surface area contributed by atoms with Crippen molar-refractivity contribution in [2.24, 2.45) is 0 Å². The number of rotatable bonds is 5. The molecule has 0 saturated heterocycles. The molecule has 0 unspecified atom stereocenters. The number of alkyl halides is 3. The Morgan fingerprint density at radius 3 is 2.45 bits per heavy atom. The highest BCUT2D eigenvalue weighted by Gasteiger charge is 2.30. The zero-order valence-electron chi connectivity index (χ0n) is 16.2. The molecule has 1 N–H and O–H groups in total. The van der Waals surface area contributed by atoms with Crippen LogP contribution < -0.4 is 5.32 Å². The summed E-state index contributed by atoms with van der Waals surface area (Å²) in [4.78, 5) is 16.6. The number of nitrogens with one attached hydrogen (secondary N) is 1. The summed E-state index contributed by atoms with van der Waals surface area (Å²) in [5, 5.41) is 4.01. The molecule has 8 heteroatoms. The first-order chi connectivity index (χ1) is 14.8. The fourth-order valence-electron chi connectivity index (χ4n) is 3.41. The Kier molecular flexibility index (Phi) is 5.69. The number of hydrogen-bond acceptors (Lipinski definition) is 2. The lowest BCUT2D eigenvalue weighted by molar-refractivity contribution is -0.137. The second kappa shape index (κ2) is 8.43. The molecule has 4 aromatic rings. The smallest absolute Gasteiger partial charge is 0.343 e. The van der Waals surface area contributed by atoms with Gasteiger partial charge in [0.25, 0.3) is 0 Å². The van der Waals surface area contributed by atoms with Gasteiger partial charge in [0.2, 0.25) is 5.91 Å². The molecule has 4 rings (SSSR count). The van der Waals surface area contributed by atoms with Gasteiger partial charge in [-0.1, -0.05) is 35.9 Å². The maximum absolute atomic E-state index is 12.7. The molecule has 0 spiro atoms. The number of nitrogens with zero attached hydrogens (tertiary/aromatic N) is 2. The largest absolute Gasteiger partial charge is 0.416 e. The van der Waals surface area contributed by atoms with Crippen LogP contribution in [0.1, 0.15) is 16.7 Å². The molecule has 0 bridgehead atoms. The zero-order valence-corrected chi connectivity index (χ0v) is 16.9. The normalized spacial score (nSPS) is 11.6. The zero-order chi connectivity index (χ0) is 22.0. The Morgan fingerprint density at radius 1 is 1.03 bits per heavy atom. The van der Waals surface area contributed by atoms with Crippen LogP contribution in [0.2, 0.25) is 5.15 Å². The summed E-state index contributed by atoms with van der Waals surface area (Å²) < 4.78 is 40.1. The van der Waals surface area contributed by atoms with Gasteiger partial charge < -0.3 is 9.88 Å². The van der Waals surface area contributed by atoms with Crippen molar-refractivity contribution in [3.8, 4) is 0 Å². The summed E-state index contributed by atoms with van der Waals surface area (Å²) in [5.41, 5.74) is 2.31. The SMILES string of the molecule is O=C(Cc1cn(Cc2ccc(Cl)nc2)c2ccccc12)Nc1ccc(C(F)(F)F)cc1. The Hall–Kier alpha value is -3.32. The van der Waals surface area contributed by atoms with Crippen molar-refractivity contribution < 1.29 is 18.0 Å². The second-order valence-electron chi connectivity index (χ2n) is 7.09. The Morgan fingerprint density at radius 2 is 1.77 bits per heavy atom. The number of carbonyl (C=O) groups is 1. The van der Waals surface area contributed by atoms with Gasteiger partial charge in [0.1, 0.15) is 5.15 Å². The van der Waals surface area contributed by atoms with Gasteiger partial charge >= 0.3 is 6.18 Å². The van der Waals surface area contributed by atoms with Crippen molar-refractivity contribution >= 4 is 34.1 Å². The monoisotopic (exact) mass is 443 g/mol. The van der Waals surface area contributed by atoms with E-state index in [0.29, 0.717) is 17.4 Å². The highest BCUT2D eigenvalue weighted by molar-refractivity contribution is 6.29. The van der Waals surface area contributed by atoms with Crippen molar-refractivity contribution in [2.75, 3.05) is 5.32 Å². The fourth-order valence-corrected chi connectivity index (χ4v) is 3.52. The molecule has 0 aliphatic rings. The lowest BCUT2D eigenvalue weighted by atomic mass is 10.1. The van der Waals surface area contributed by atoms with Crippen molar-refractivity contribution in [3.63, 3.8) is 0 Å². The molecule has 0 fully saturated rings. The maximum atomic E-state index is 12.7. The number of fused-ring (bicyclic) bond motifs is 1. The number of aromatic nitrogens is 2. The number of hydrogen-bond donors (Lipinski definition) is 1. The van der Waals surface area contributed by atoms with Crippen molar-refractivity contribution in [3.05, 3.63) is 94.9 Å². The number of halogens is 4. The maximum Gasteiger partial charge on any atom is 0.416 e. The molecule has 31 heavy (non-hydrogen) atoms. The van der Waals surface area contributed by atoms with Gasteiger partial charge in [-0.05, 0) is 47.5 Å². The molecular weight excluding hydrogens is 427 g/mol. The standard InChI is InChI=1S/C23H17ClF3N3O/c24-21-10-5-15(12-28-21)13-30-14-16(19-3-1-2-4-20(19)30)11-22(31)29-18-8-6-17(7-9-18)23(25,26)27/h1-10,12,14H,11,13H2,(H,29,31). The molecule has 2 aromatic heterocycles. The van der Waals surface area contributed by atoms with Crippen molar-refractivity contribution in [1.29, 1.82) is 0 Å². The molecule has 1 amide bonds. The van der Waals surface area contributed by atoms with E-state index >= 15 is 0 Å². The fraction of sp³-hybridized carbons (Fsp3) is 0.130. The lowest BCUT2D eigenvalue weighted by Gasteiger charge is -2.08. The van der Waals surface area contributed by atoms with Crippen LogP contribution in [0.4, 0.5) is 18.9 Å². The number of para-hydroxylation sites is 1. The number of anilines is 1. The average Bonchev–Trinajstić information content (AvgIpc) is 3.07. The molecule has 0 atom stereocenters. The van der Waals surface area contributed by atoms with Crippen LogP contribution in [0, 0.1) is 0 Å². The predicted octanol–water partition coefficient (Wildman–Crippen LogP) is 5.94. The van der Waals surface area contributed by atoms with Crippen LogP contribution in [0.15, 0.2) is 73.1 Å². The van der Waals surface area contributed by atoms with Crippen LogP contribution in [-0.4, -0.2) is 15.5 Å². The van der Waals surface area contributed by atoms with E-state index < -0.39 is 11.7 Å². The van der Waals surface area contributed by atoms with Gasteiger partial charge in [-0.25, -0.2) is 4.98 Å².